The van der Waals surface area contributed by atoms with Gasteiger partial charge in [0.1, 0.15) is 5.75 Å². The molecule has 0 aliphatic rings. The van der Waals surface area contributed by atoms with Crippen molar-refractivity contribution in [3.8, 4) is 5.75 Å². The fourth-order valence-electron chi connectivity index (χ4n) is 1.30. The minimum Gasteiger partial charge on any atom is -0.494 e. The predicted molar refractivity (Wildman–Crippen MR) is 74.3 cm³/mol. The number of ketones is 1. The van der Waals surface area contributed by atoms with E-state index in [0.717, 1.165) is 12.2 Å². The van der Waals surface area contributed by atoms with Gasteiger partial charge in [-0.15, -0.1) is 6.58 Å². The first-order chi connectivity index (χ1) is 8.24. The van der Waals surface area contributed by atoms with Gasteiger partial charge >= 0.3 is 0 Å². The molecule has 0 bridgehead atoms. The lowest BCUT2D eigenvalue weighted by molar-refractivity contribution is 0.101. The summed E-state index contributed by atoms with van der Waals surface area (Å²) in [6.07, 6.45) is 2.56. The second kappa shape index (κ2) is 9.42. The van der Waals surface area contributed by atoms with E-state index in [9.17, 15) is 4.79 Å². The van der Waals surface area contributed by atoms with Crippen LogP contribution in [0.5, 0.6) is 5.75 Å². The Hall–Kier alpha value is -1.61. The maximum atomic E-state index is 11.1. The molecule has 0 aliphatic heterocycles. The molecule has 0 fully saturated rings. The predicted octanol–water partition coefficient (Wildman–Crippen LogP) is 3.50. The Kier molecular flexibility index (Phi) is 8.58. The van der Waals surface area contributed by atoms with Crippen LogP contribution in [0.15, 0.2) is 36.9 Å². The van der Waals surface area contributed by atoms with Crippen molar-refractivity contribution in [1.82, 2.24) is 0 Å². The van der Waals surface area contributed by atoms with E-state index in [-0.39, 0.29) is 13.2 Å². The monoisotopic (exact) mass is 250 g/mol. The number of hydrogen-bond donors (Lipinski definition) is 0. The van der Waals surface area contributed by atoms with Crippen molar-refractivity contribution < 1.29 is 14.3 Å². The zero-order chi connectivity index (χ0) is 12.5. The summed E-state index contributed by atoms with van der Waals surface area (Å²) >= 11 is 0. The Morgan fingerprint density at radius 2 is 1.94 bits per heavy atom. The molecule has 0 radical (unpaired) electrons. The average Bonchev–Trinajstić information content (AvgIpc) is 2.34. The van der Waals surface area contributed by atoms with Gasteiger partial charge in [-0.3, -0.25) is 4.79 Å². The van der Waals surface area contributed by atoms with E-state index in [1.165, 1.54) is 0 Å². The van der Waals surface area contributed by atoms with Crippen LogP contribution in [-0.2, 0) is 4.74 Å². The highest BCUT2D eigenvalue weighted by Gasteiger charge is 1.99. The zero-order valence-corrected chi connectivity index (χ0v) is 10.1. The second-order valence-electron chi connectivity index (χ2n) is 3.65. The Bertz CT molecular complexity index is 355. The Morgan fingerprint density at radius 3 is 2.50 bits per heavy atom. The van der Waals surface area contributed by atoms with Gasteiger partial charge in [0.05, 0.1) is 19.8 Å². The maximum Gasteiger partial charge on any atom is 0.159 e. The van der Waals surface area contributed by atoms with Gasteiger partial charge in [0.2, 0.25) is 0 Å². The lowest BCUT2D eigenvalue weighted by Crippen LogP contribution is -2.03. The number of rotatable bonds is 8. The van der Waals surface area contributed by atoms with E-state index >= 15 is 0 Å². The van der Waals surface area contributed by atoms with Crippen molar-refractivity contribution in [2.24, 2.45) is 0 Å². The first kappa shape index (κ1) is 16.4. The highest BCUT2D eigenvalue weighted by atomic mass is 16.5. The Morgan fingerprint density at radius 1 is 1.28 bits per heavy atom. The van der Waals surface area contributed by atoms with E-state index in [1.54, 1.807) is 37.3 Å². The largest absolute Gasteiger partial charge is 0.494 e. The third-order valence-electron chi connectivity index (χ3n) is 2.20. The van der Waals surface area contributed by atoms with Gasteiger partial charge in [-0.2, -0.15) is 0 Å². The number of ether oxygens (including phenoxy) is 2. The number of Topliss-reactive ketones (excluding diaryl/α,β-unsaturated/α-hetero) is 1. The average molecular weight is 250 g/mol. The van der Waals surface area contributed by atoms with Crippen molar-refractivity contribution in [2.75, 3.05) is 19.8 Å². The molecule has 0 aromatic heterocycles. The lowest BCUT2D eigenvalue weighted by Gasteiger charge is -2.06. The molecule has 3 heteroatoms. The lowest BCUT2D eigenvalue weighted by atomic mass is 10.1. The quantitative estimate of drug-likeness (QED) is 0.402. The fraction of sp³-hybridized carbons (Fsp3) is 0.400. The number of hydrogen-bond acceptors (Lipinski definition) is 3. The molecule has 0 atom stereocenters. The van der Waals surface area contributed by atoms with E-state index in [1.807, 2.05) is 0 Å². The Labute approximate surface area is 109 Å². The van der Waals surface area contributed by atoms with Crippen LogP contribution in [0.25, 0.3) is 0 Å². The number of benzene rings is 1. The third-order valence-corrected chi connectivity index (χ3v) is 2.20. The van der Waals surface area contributed by atoms with Crippen molar-refractivity contribution in [3.05, 3.63) is 42.5 Å². The summed E-state index contributed by atoms with van der Waals surface area (Å²) in [4.78, 5) is 11.1. The van der Waals surface area contributed by atoms with Gasteiger partial charge in [0.15, 0.2) is 5.78 Å². The summed E-state index contributed by atoms with van der Waals surface area (Å²) in [5.74, 6) is 0.841. The molecule has 0 amide bonds. The van der Waals surface area contributed by atoms with E-state index in [0.29, 0.717) is 25.4 Å². The molecule has 0 saturated carbocycles. The zero-order valence-electron chi connectivity index (χ0n) is 10.1. The SMILES string of the molecule is C.C=CCOCCCOc1ccc(C(C)=O)cc1. The molecule has 1 rings (SSSR count). The summed E-state index contributed by atoms with van der Waals surface area (Å²) in [6.45, 7) is 6.96. The van der Waals surface area contributed by atoms with Crippen molar-refractivity contribution >= 4 is 5.78 Å². The van der Waals surface area contributed by atoms with Crippen LogP contribution in [0.1, 0.15) is 31.1 Å². The van der Waals surface area contributed by atoms with Crippen LogP contribution < -0.4 is 4.74 Å². The summed E-state index contributed by atoms with van der Waals surface area (Å²) < 4.78 is 10.7. The highest BCUT2D eigenvalue weighted by molar-refractivity contribution is 5.94. The van der Waals surface area contributed by atoms with Crippen molar-refractivity contribution in [1.29, 1.82) is 0 Å². The van der Waals surface area contributed by atoms with Gasteiger partial charge in [-0.1, -0.05) is 13.5 Å². The fourth-order valence-corrected chi connectivity index (χ4v) is 1.30. The minimum atomic E-state index is 0. The maximum absolute atomic E-state index is 11.1. The summed E-state index contributed by atoms with van der Waals surface area (Å²) in [5, 5.41) is 0. The second-order valence-corrected chi connectivity index (χ2v) is 3.65. The van der Waals surface area contributed by atoms with Crippen LogP contribution >= 0.6 is 0 Å². The summed E-state index contributed by atoms with van der Waals surface area (Å²) in [6, 6.07) is 7.15. The van der Waals surface area contributed by atoms with Crippen LogP contribution in [0.4, 0.5) is 0 Å². The Balaban J connectivity index is 0.00000289. The smallest absolute Gasteiger partial charge is 0.159 e. The highest BCUT2D eigenvalue weighted by Crippen LogP contribution is 2.12. The molecule has 0 aliphatic carbocycles. The first-order valence-electron chi connectivity index (χ1n) is 5.66. The van der Waals surface area contributed by atoms with Gasteiger partial charge < -0.3 is 9.47 Å². The number of carbonyl (C=O) groups excluding carboxylic acids is 1. The summed E-state index contributed by atoms with van der Waals surface area (Å²) in [5.41, 5.74) is 0.701. The molecule has 18 heavy (non-hydrogen) atoms. The van der Waals surface area contributed by atoms with Gasteiger partial charge in [-0.05, 0) is 31.2 Å². The number of carbonyl (C=O) groups is 1. The molecule has 1 aromatic rings. The minimum absolute atomic E-state index is 0. The van der Waals surface area contributed by atoms with Crippen LogP contribution in [0.2, 0.25) is 0 Å². The molecule has 3 nitrogen and oxygen atoms in total. The summed E-state index contributed by atoms with van der Waals surface area (Å²) in [7, 11) is 0. The van der Waals surface area contributed by atoms with Gasteiger partial charge in [-0.25, -0.2) is 0 Å². The first-order valence-corrected chi connectivity index (χ1v) is 5.66. The van der Waals surface area contributed by atoms with Crippen molar-refractivity contribution in [3.63, 3.8) is 0 Å². The van der Waals surface area contributed by atoms with E-state index in [4.69, 9.17) is 9.47 Å². The molecular weight excluding hydrogens is 228 g/mol. The van der Waals surface area contributed by atoms with Crippen LogP contribution in [0, 0.1) is 0 Å². The van der Waals surface area contributed by atoms with Crippen LogP contribution in [-0.4, -0.2) is 25.6 Å². The van der Waals surface area contributed by atoms with E-state index in [2.05, 4.69) is 6.58 Å². The van der Waals surface area contributed by atoms with Gasteiger partial charge in [0, 0.05) is 12.0 Å². The molecular formula is C15H22O3. The van der Waals surface area contributed by atoms with Crippen molar-refractivity contribution in [2.45, 2.75) is 20.8 Å². The molecule has 0 unspecified atom stereocenters. The topological polar surface area (TPSA) is 35.5 Å². The van der Waals surface area contributed by atoms with Gasteiger partial charge in [0.25, 0.3) is 0 Å². The molecule has 0 N–H and O–H groups in total. The molecule has 1 aromatic carbocycles. The molecule has 0 spiro atoms. The normalized spacial score (nSPS) is 9.39. The molecule has 0 saturated heterocycles. The van der Waals surface area contributed by atoms with E-state index < -0.39 is 0 Å². The third kappa shape index (κ3) is 6.21. The standard InChI is InChI=1S/C14H18O3.CH4/c1-3-9-16-10-4-11-17-14-7-5-13(6-8-14)12(2)15;/h3,5-8H,1,4,9-11H2,2H3;1H4. The van der Waals surface area contributed by atoms with Crippen LogP contribution in [0.3, 0.4) is 0 Å². The molecule has 100 valence electrons. The molecule has 0 heterocycles.